The lowest BCUT2D eigenvalue weighted by Crippen LogP contribution is -2.51. The van der Waals surface area contributed by atoms with Crippen molar-refractivity contribution < 1.29 is 13.5 Å². The van der Waals surface area contributed by atoms with Gasteiger partial charge in [-0.3, -0.25) is 9.80 Å². The molecule has 1 fully saturated rings. The van der Waals surface area contributed by atoms with Crippen molar-refractivity contribution in [2.45, 2.75) is 52.2 Å². The van der Waals surface area contributed by atoms with Crippen LogP contribution in [0.4, 0.5) is 8.78 Å². The Morgan fingerprint density at radius 2 is 1.58 bits per heavy atom. The summed E-state index contributed by atoms with van der Waals surface area (Å²) in [6, 6.07) is 7.50. The van der Waals surface area contributed by atoms with Crippen molar-refractivity contribution in [1.82, 2.24) is 9.80 Å². The third kappa shape index (κ3) is 6.02. The van der Waals surface area contributed by atoms with Crippen LogP contribution in [0.5, 0.6) is 5.75 Å². The van der Waals surface area contributed by atoms with Gasteiger partial charge in [0.25, 0.3) is 5.92 Å². The van der Waals surface area contributed by atoms with Gasteiger partial charge >= 0.3 is 0 Å². The average Bonchev–Trinajstić information content (AvgIpc) is 2.48. The zero-order chi connectivity index (χ0) is 17.7. The predicted octanol–water partition coefficient (Wildman–Crippen LogP) is 3.68. The van der Waals surface area contributed by atoms with Gasteiger partial charge in [0.1, 0.15) is 5.75 Å². The summed E-state index contributed by atoms with van der Waals surface area (Å²) in [6.45, 7) is 11.2. The van der Waals surface area contributed by atoms with Gasteiger partial charge < -0.3 is 4.74 Å². The fourth-order valence-corrected chi connectivity index (χ4v) is 3.08. The van der Waals surface area contributed by atoms with Gasteiger partial charge in [-0.2, -0.15) is 0 Å². The number of ether oxygens (including phenoxy) is 1. The number of rotatable bonds is 7. The van der Waals surface area contributed by atoms with Crippen molar-refractivity contribution in [3.63, 3.8) is 0 Å². The van der Waals surface area contributed by atoms with Gasteiger partial charge in [-0.15, -0.1) is 0 Å². The van der Waals surface area contributed by atoms with E-state index in [-0.39, 0.29) is 19.1 Å². The zero-order valence-corrected chi connectivity index (χ0v) is 15.3. The molecule has 0 N–H and O–H groups in total. The second-order valence-electron chi connectivity index (χ2n) is 7.25. The number of halogens is 2. The number of benzene rings is 1. The highest BCUT2D eigenvalue weighted by atomic mass is 19.3. The van der Waals surface area contributed by atoms with Gasteiger partial charge in [0.15, 0.2) is 0 Å². The highest BCUT2D eigenvalue weighted by molar-refractivity contribution is 5.28. The fraction of sp³-hybridized carbons (Fsp3) is 0.684. The summed E-state index contributed by atoms with van der Waals surface area (Å²) < 4.78 is 34.3. The maximum atomic E-state index is 14.4. The van der Waals surface area contributed by atoms with Crippen LogP contribution in [-0.2, 0) is 6.42 Å². The highest BCUT2D eigenvalue weighted by Gasteiger charge is 2.33. The maximum absolute atomic E-state index is 14.4. The molecule has 24 heavy (non-hydrogen) atoms. The van der Waals surface area contributed by atoms with E-state index < -0.39 is 5.92 Å². The van der Waals surface area contributed by atoms with Crippen LogP contribution in [-0.4, -0.2) is 60.6 Å². The Kier molecular flexibility index (Phi) is 6.58. The topological polar surface area (TPSA) is 15.7 Å². The molecular formula is C19H30F2N2O. The molecule has 5 heteroatoms. The monoisotopic (exact) mass is 340 g/mol. The zero-order valence-electron chi connectivity index (χ0n) is 15.3. The Balaban J connectivity index is 1.85. The minimum Gasteiger partial charge on any atom is -0.491 e. The van der Waals surface area contributed by atoms with Gasteiger partial charge in [0.05, 0.1) is 12.6 Å². The van der Waals surface area contributed by atoms with E-state index >= 15 is 0 Å². The quantitative estimate of drug-likeness (QED) is 0.753. The van der Waals surface area contributed by atoms with Crippen molar-refractivity contribution in [2.24, 2.45) is 0 Å². The highest BCUT2D eigenvalue weighted by Crippen LogP contribution is 2.24. The Labute approximate surface area is 144 Å². The third-order valence-corrected chi connectivity index (χ3v) is 4.35. The van der Waals surface area contributed by atoms with E-state index in [0.717, 1.165) is 31.9 Å². The molecule has 0 aromatic heterocycles. The Morgan fingerprint density at radius 3 is 2.08 bits per heavy atom. The Hall–Kier alpha value is -1.20. The summed E-state index contributed by atoms with van der Waals surface area (Å²) >= 11 is 0. The van der Waals surface area contributed by atoms with Crippen molar-refractivity contribution >= 4 is 0 Å². The molecule has 0 unspecified atom stereocenters. The molecule has 2 rings (SSSR count). The van der Waals surface area contributed by atoms with E-state index in [1.807, 2.05) is 18.7 Å². The number of hydrogen-bond donors (Lipinski definition) is 0. The van der Waals surface area contributed by atoms with Crippen molar-refractivity contribution in [3.8, 4) is 5.75 Å². The summed E-state index contributed by atoms with van der Waals surface area (Å²) in [5.74, 6) is -1.98. The van der Waals surface area contributed by atoms with Gasteiger partial charge in [-0.05, 0) is 45.4 Å². The lowest BCUT2D eigenvalue weighted by atomic mass is 10.1. The molecule has 0 atom stereocenters. The molecule has 1 aromatic rings. The first-order chi connectivity index (χ1) is 11.2. The van der Waals surface area contributed by atoms with E-state index in [1.54, 1.807) is 24.3 Å². The second kappa shape index (κ2) is 8.26. The Morgan fingerprint density at radius 1 is 1.00 bits per heavy atom. The molecule has 1 saturated heterocycles. The minimum atomic E-state index is -2.71. The van der Waals surface area contributed by atoms with E-state index in [9.17, 15) is 8.78 Å². The molecule has 0 bridgehead atoms. The lowest BCUT2D eigenvalue weighted by Gasteiger charge is -2.38. The van der Waals surface area contributed by atoms with Crippen molar-refractivity contribution in [3.05, 3.63) is 29.8 Å². The van der Waals surface area contributed by atoms with E-state index in [0.29, 0.717) is 11.6 Å². The molecule has 3 nitrogen and oxygen atoms in total. The molecule has 0 amide bonds. The van der Waals surface area contributed by atoms with Crippen LogP contribution in [0.25, 0.3) is 0 Å². The molecule has 0 saturated carbocycles. The SMILES string of the molecule is CC(C)Oc1ccc(CC(F)(F)CN2CCN(C(C)C)CC2)cc1. The summed E-state index contributed by atoms with van der Waals surface area (Å²) in [5, 5.41) is 0. The molecule has 136 valence electrons. The molecule has 1 aromatic carbocycles. The molecular weight excluding hydrogens is 310 g/mol. The van der Waals surface area contributed by atoms with Crippen LogP contribution in [0.15, 0.2) is 24.3 Å². The molecule has 0 spiro atoms. The van der Waals surface area contributed by atoms with E-state index in [4.69, 9.17) is 4.74 Å². The standard InChI is InChI=1S/C19H30F2N2O/c1-15(2)23-11-9-22(10-12-23)14-19(20,21)13-17-5-7-18(8-6-17)24-16(3)4/h5-8,15-16H,9-14H2,1-4H3. The first-order valence-corrected chi connectivity index (χ1v) is 8.85. The van der Waals surface area contributed by atoms with Crippen LogP contribution >= 0.6 is 0 Å². The number of hydrogen-bond acceptors (Lipinski definition) is 3. The molecule has 0 aliphatic carbocycles. The Bertz CT molecular complexity index is 495. The van der Waals surface area contributed by atoms with Gasteiger partial charge in [0.2, 0.25) is 0 Å². The smallest absolute Gasteiger partial charge is 0.264 e. The normalized spacial score (nSPS) is 17.7. The average molecular weight is 340 g/mol. The summed E-state index contributed by atoms with van der Waals surface area (Å²) in [6.07, 6.45) is -0.138. The van der Waals surface area contributed by atoms with E-state index in [2.05, 4.69) is 18.7 Å². The summed E-state index contributed by atoms with van der Waals surface area (Å²) in [4.78, 5) is 4.22. The number of alkyl halides is 2. The number of piperazine rings is 1. The molecule has 1 aliphatic heterocycles. The molecule has 0 radical (unpaired) electrons. The van der Waals surface area contributed by atoms with Gasteiger partial charge in [-0.1, -0.05) is 12.1 Å². The second-order valence-corrected chi connectivity index (χ2v) is 7.25. The van der Waals surface area contributed by atoms with Crippen LogP contribution in [0.1, 0.15) is 33.3 Å². The summed E-state index contributed by atoms with van der Waals surface area (Å²) in [5.41, 5.74) is 0.650. The van der Waals surface area contributed by atoms with Crippen molar-refractivity contribution in [1.29, 1.82) is 0 Å². The molecule has 1 aliphatic rings. The maximum Gasteiger partial charge on any atom is 0.264 e. The first kappa shape index (κ1) is 19.1. The largest absolute Gasteiger partial charge is 0.491 e. The van der Waals surface area contributed by atoms with Crippen LogP contribution < -0.4 is 4.74 Å². The first-order valence-electron chi connectivity index (χ1n) is 8.85. The van der Waals surface area contributed by atoms with Crippen LogP contribution in [0, 0.1) is 0 Å². The fourth-order valence-electron chi connectivity index (χ4n) is 3.08. The van der Waals surface area contributed by atoms with Crippen molar-refractivity contribution in [2.75, 3.05) is 32.7 Å². The third-order valence-electron chi connectivity index (χ3n) is 4.35. The number of nitrogens with zero attached hydrogens (tertiary/aromatic N) is 2. The lowest BCUT2D eigenvalue weighted by molar-refractivity contribution is -0.0429. The van der Waals surface area contributed by atoms with Crippen LogP contribution in [0.3, 0.4) is 0 Å². The van der Waals surface area contributed by atoms with Crippen LogP contribution in [0.2, 0.25) is 0 Å². The van der Waals surface area contributed by atoms with Gasteiger partial charge in [-0.25, -0.2) is 8.78 Å². The predicted molar refractivity (Wildman–Crippen MR) is 94.0 cm³/mol. The summed E-state index contributed by atoms with van der Waals surface area (Å²) in [7, 11) is 0. The molecule has 1 heterocycles. The van der Waals surface area contributed by atoms with Gasteiger partial charge in [0, 0.05) is 38.6 Å². The van der Waals surface area contributed by atoms with E-state index in [1.165, 1.54) is 0 Å². The minimum absolute atomic E-state index is 0.0850.